The van der Waals surface area contributed by atoms with Crippen molar-refractivity contribution in [1.82, 2.24) is 9.80 Å². The summed E-state index contributed by atoms with van der Waals surface area (Å²) in [6, 6.07) is 0.0990. The van der Waals surface area contributed by atoms with Crippen LogP contribution in [0.4, 0.5) is 4.79 Å². The normalized spacial score (nSPS) is 23.8. The molecular formula is C17H32N4O2. The maximum atomic E-state index is 12.4. The average molecular weight is 324 g/mol. The first-order chi connectivity index (χ1) is 10.9. The van der Waals surface area contributed by atoms with Gasteiger partial charge in [0.05, 0.1) is 12.6 Å². The largest absolute Gasteiger partial charge is 0.444 e. The van der Waals surface area contributed by atoms with E-state index in [0.717, 1.165) is 38.9 Å². The van der Waals surface area contributed by atoms with Gasteiger partial charge in [-0.15, -0.1) is 0 Å². The van der Waals surface area contributed by atoms with E-state index < -0.39 is 5.60 Å². The van der Waals surface area contributed by atoms with Crippen LogP contribution in [-0.2, 0) is 4.74 Å². The number of amides is 1. The van der Waals surface area contributed by atoms with Crippen LogP contribution >= 0.6 is 0 Å². The van der Waals surface area contributed by atoms with E-state index in [1.54, 1.807) is 0 Å². The van der Waals surface area contributed by atoms with Crippen molar-refractivity contribution in [2.45, 2.75) is 70.9 Å². The Bertz CT molecular complexity index is 425. The lowest BCUT2D eigenvalue weighted by Crippen LogP contribution is -2.48. The Labute approximate surface area is 140 Å². The summed E-state index contributed by atoms with van der Waals surface area (Å²) >= 11 is 0. The Balaban J connectivity index is 1.93. The Morgan fingerprint density at radius 1 is 1.13 bits per heavy atom. The lowest BCUT2D eigenvalue weighted by Gasteiger charge is -2.36. The molecule has 6 nitrogen and oxygen atoms in total. The van der Waals surface area contributed by atoms with Crippen molar-refractivity contribution >= 4 is 12.1 Å². The number of hydrogen-bond donors (Lipinski definition) is 1. The van der Waals surface area contributed by atoms with Crippen molar-refractivity contribution in [3.63, 3.8) is 0 Å². The monoisotopic (exact) mass is 324 g/mol. The zero-order chi connectivity index (χ0) is 16.9. The first-order valence-corrected chi connectivity index (χ1v) is 8.91. The number of carbonyl (C=O) groups excluding carboxylic acids is 1. The summed E-state index contributed by atoms with van der Waals surface area (Å²) in [6.45, 7) is 9.01. The van der Waals surface area contributed by atoms with Gasteiger partial charge in [0, 0.05) is 19.6 Å². The molecule has 2 rings (SSSR count). The Hall–Kier alpha value is -1.46. The van der Waals surface area contributed by atoms with Gasteiger partial charge < -0.3 is 20.3 Å². The molecule has 1 atom stereocenters. The number of nitrogens with two attached hydrogens (primary N) is 1. The zero-order valence-corrected chi connectivity index (χ0v) is 14.9. The van der Waals surface area contributed by atoms with Crippen molar-refractivity contribution in [3.8, 4) is 0 Å². The van der Waals surface area contributed by atoms with Gasteiger partial charge in [0.2, 0.25) is 0 Å². The van der Waals surface area contributed by atoms with Crippen LogP contribution in [0.5, 0.6) is 0 Å². The molecule has 0 aromatic rings. The lowest BCUT2D eigenvalue weighted by molar-refractivity contribution is 0.0109. The van der Waals surface area contributed by atoms with Crippen LogP contribution < -0.4 is 5.73 Å². The fraction of sp³-hybridized carbons (Fsp3) is 0.882. The maximum Gasteiger partial charge on any atom is 0.410 e. The SMILES string of the molecule is CC(C)(C)OC(=O)N1CCCCC1CN=C(N)N1CCCCC1. The van der Waals surface area contributed by atoms with Gasteiger partial charge in [-0.05, 0) is 59.3 Å². The van der Waals surface area contributed by atoms with Crippen LogP contribution in [0.15, 0.2) is 4.99 Å². The summed E-state index contributed by atoms with van der Waals surface area (Å²) in [5.74, 6) is 0.624. The Kier molecular flexibility index (Phi) is 6.13. The number of rotatable bonds is 2. The molecule has 0 aliphatic carbocycles. The van der Waals surface area contributed by atoms with E-state index in [-0.39, 0.29) is 12.1 Å². The van der Waals surface area contributed by atoms with Crippen molar-refractivity contribution in [2.75, 3.05) is 26.2 Å². The molecule has 2 aliphatic rings. The van der Waals surface area contributed by atoms with Crippen LogP contribution in [-0.4, -0.2) is 59.7 Å². The first-order valence-electron chi connectivity index (χ1n) is 8.91. The van der Waals surface area contributed by atoms with Gasteiger partial charge in [0.1, 0.15) is 5.60 Å². The summed E-state index contributed by atoms with van der Waals surface area (Å²) in [5.41, 5.74) is 5.67. The van der Waals surface area contributed by atoms with E-state index in [1.165, 1.54) is 19.3 Å². The van der Waals surface area contributed by atoms with Gasteiger partial charge >= 0.3 is 6.09 Å². The molecule has 132 valence electrons. The van der Waals surface area contributed by atoms with Gasteiger partial charge in [0.25, 0.3) is 0 Å². The fourth-order valence-electron chi connectivity index (χ4n) is 3.17. The molecule has 2 fully saturated rings. The standard InChI is InChI=1S/C17H32N4O2/c1-17(2,3)23-16(22)21-12-8-5-9-14(21)13-19-15(18)20-10-6-4-7-11-20/h14H,4-13H2,1-3H3,(H2,18,19). The van der Waals surface area contributed by atoms with E-state index in [0.29, 0.717) is 12.5 Å². The van der Waals surface area contributed by atoms with Gasteiger partial charge in [-0.1, -0.05) is 0 Å². The van der Waals surface area contributed by atoms with E-state index in [1.807, 2.05) is 25.7 Å². The number of likely N-dealkylation sites (tertiary alicyclic amines) is 2. The van der Waals surface area contributed by atoms with E-state index in [2.05, 4.69) is 9.89 Å². The Morgan fingerprint density at radius 3 is 2.43 bits per heavy atom. The van der Waals surface area contributed by atoms with Crippen molar-refractivity contribution in [1.29, 1.82) is 0 Å². The molecule has 0 saturated carbocycles. The van der Waals surface area contributed by atoms with Crippen molar-refractivity contribution in [2.24, 2.45) is 10.7 Å². The van der Waals surface area contributed by atoms with Gasteiger partial charge in [-0.25, -0.2) is 4.79 Å². The molecule has 2 saturated heterocycles. The highest BCUT2D eigenvalue weighted by atomic mass is 16.6. The summed E-state index contributed by atoms with van der Waals surface area (Å²) in [5, 5.41) is 0. The van der Waals surface area contributed by atoms with E-state index in [9.17, 15) is 4.79 Å². The van der Waals surface area contributed by atoms with Crippen LogP contribution in [0.2, 0.25) is 0 Å². The average Bonchev–Trinajstić information content (AvgIpc) is 2.52. The molecule has 1 amide bonds. The summed E-state index contributed by atoms with van der Waals surface area (Å²) in [6.07, 6.45) is 6.54. The predicted octanol–water partition coefficient (Wildman–Crippen LogP) is 2.58. The number of aliphatic imine (C=N–C) groups is 1. The molecule has 1 unspecified atom stereocenters. The Morgan fingerprint density at radius 2 is 1.78 bits per heavy atom. The van der Waals surface area contributed by atoms with Crippen LogP contribution in [0.25, 0.3) is 0 Å². The minimum absolute atomic E-state index is 0.0990. The third-order valence-corrected chi connectivity index (χ3v) is 4.40. The number of nitrogens with zero attached hydrogens (tertiary/aromatic N) is 3. The molecule has 6 heteroatoms. The summed E-state index contributed by atoms with van der Waals surface area (Å²) < 4.78 is 5.53. The molecule has 0 aromatic heterocycles. The number of hydrogen-bond acceptors (Lipinski definition) is 3. The molecule has 0 bridgehead atoms. The number of ether oxygens (including phenoxy) is 1. The van der Waals surface area contributed by atoms with Gasteiger partial charge in [0.15, 0.2) is 5.96 Å². The predicted molar refractivity (Wildman–Crippen MR) is 92.5 cm³/mol. The van der Waals surface area contributed by atoms with Crippen LogP contribution in [0, 0.1) is 0 Å². The minimum atomic E-state index is -0.463. The highest BCUT2D eigenvalue weighted by molar-refractivity contribution is 5.78. The van der Waals surface area contributed by atoms with Crippen LogP contribution in [0.1, 0.15) is 59.3 Å². The molecule has 0 radical (unpaired) electrons. The van der Waals surface area contributed by atoms with E-state index >= 15 is 0 Å². The molecular weight excluding hydrogens is 292 g/mol. The maximum absolute atomic E-state index is 12.4. The lowest BCUT2D eigenvalue weighted by atomic mass is 10.0. The smallest absolute Gasteiger partial charge is 0.410 e. The van der Waals surface area contributed by atoms with Gasteiger partial charge in [-0.2, -0.15) is 0 Å². The zero-order valence-electron chi connectivity index (χ0n) is 14.9. The highest BCUT2D eigenvalue weighted by Crippen LogP contribution is 2.21. The fourth-order valence-corrected chi connectivity index (χ4v) is 3.17. The van der Waals surface area contributed by atoms with E-state index in [4.69, 9.17) is 10.5 Å². The highest BCUT2D eigenvalue weighted by Gasteiger charge is 2.30. The quantitative estimate of drug-likeness (QED) is 0.626. The number of guanidine groups is 1. The minimum Gasteiger partial charge on any atom is -0.444 e. The third-order valence-electron chi connectivity index (χ3n) is 4.40. The second kappa shape index (κ2) is 7.88. The molecule has 0 spiro atoms. The number of piperidine rings is 2. The molecule has 0 aromatic carbocycles. The second-order valence-corrected chi connectivity index (χ2v) is 7.57. The van der Waals surface area contributed by atoms with Crippen molar-refractivity contribution in [3.05, 3.63) is 0 Å². The number of carbonyl (C=O) groups is 1. The summed E-state index contributed by atoms with van der Waals surface area (Å²) in [4.78, 5) is 20.9. The topological polar surface area (TPSA) is 71.2 Å². The third kappa shape index (κ3) is 5.59. The molecule has 23 heavy (non-hydrogen) atoms. The summed E-state index contributed by atoms with van der Waals surface area (Å²) in [7, 11) is 0. The van der Waals surface area contributed by atoms with Crippen molar-refractivity contribution < 1.29 is 9.53 Å². The molecule has 2 heterocycles. The van der Waals surface area contributed by atoms with Gasteiger partial charge in [-0.3, -0.25) is 4.99 Å². The molecule has 2 N–H and O–H groups in total. The molecule has 2 aliphatic heterocycles. The first kappa shape index (κ1) is 17.9. The second-order valence-electron chi connectivity index (χ2n) is 7.57. The van der Waals surface area contributed by atoms with Crippen LogP contribution in [0.3, 0.4) is 0 Å².